The Labute approximate surface area is 185 Å². The number of carbonyl (C=O) groups excluding carboxylic acids is 1. The molecule has 5 nitrogen and oxygen atoms in total. The Balaban J connectivity index is 1.89. The van der Waals surface area contributed by atoms with Gasteiger partial charge in [0.15, 0.2) is 0 Å². The van der Waals surface area contributed by atoms with E-state index in [0.29, 0.717) is 11.6 Å². The van der Waals surface area contributed by atoms with Crippen LogP contribution in [0.5, 0.6) is 0 Å². The molecule has 31 heavy (non-hydrogen) atoms. The fourth-order valence-electron chi connectivity index (χ4n) is 5.71. The van der Waals surface area contributed by atoms with E-state index in [1.54, 1.807) is 28.6 Å². The first-order valence-corrected chi connectivity index (χ1v) is 12.6. The maximum absolute atomic E-state index is 14.2. The zero-order chi connectivity index (χ0) is 22.4. The molecular formula is C25H32N2O3S. The van der Waals surface area contributed by atoms with Gasteiger partial charge in [0.2, 0.25) is 5.91 Å². The molecular weight excluding hydrogens is 408 g/mol. The van der Waals surface area contributed by atoms with E-state index in [2.05, 4.69) is 25.2 Å². The van der Waals surface area contributed by atoms with E-state index in [4.69, 9.17) is 0 Å². The predicted molar refractivity (Wildman–Crippen MR) is 125 cm³/mol. The molecule has 4 rings (SSSR count). The molecule has 2 aromatic rings. The number of carbonyl (C=O) groups is 1. The summed E-state index contributed by atoms with van der Waals surface area (Å²) in [6.07, 6.45) is 5.92. The molecule has 1 fully saturated rings. The van der Waals surface area contributed by atoms with E-state index in [9.17, 15) is 13.2 Å². The quantitative estimate of drug-likeness (QED) is 0.669. The van der Waals surface area contributed by atoms with E-state index >= 15 is 0 Å². The highest BCUT2D eigenvalue weighted by Gasteiger charge is 2.50. The van der Waals surface area contributed by atoms with Gasteiger partial charge in [-0.1, -0.05) is 38.3 Å². The van der Waals surface area contributed by atoms with Crippen LogP contribution in [0.2, 0.25) is 0 Å². The van der Waals surface area contributed by atoms with E-state index in [1.807, 2.05) is 13.0 Å². The van der Waals surface area contributed by atoms with E-state index in [0.717, 1.165) is 60.9 Å². The Hall–Kier alpha value is -2.34. The molecule has 0 bridgehead atoms. The lowest BCUT2D eigenvalue weighted by atomic mass is 9.70. The normalized spacial score (nSPS) is 20.4. The Morgan fingerprint density at radius 3 is 2.23 bits per heavy atom. The summed E-state index contributed by atoms with van der Waals surface area (Å²) in [4.78, 5) is 11.6. The number of fused-ring (bicyclic) bond motifs is 1. The Morgan fingerprint density at radius 2 is 1.61 bits per heavy atom. The lowest BCUT2D eigenvalue weighted by Crippen LogP contribution is -2.56. The zero-order valence-corrected chi connectivity index (χ0v) is 19.7. The van der Waals surface area contributed by atoms with Crippen LogP contribution in [0.15, 0.2) is 41.3 Å². The van der Waals surface area contributed by atoms with Gasteiger partial charge in [-0.05, 0) is 80.0 Å². The molecule has 0 radical (unpaired) electrons. The molecule has 1 aliphatic carbocycles. The van der Waals surface area contributed by atoms with E-state index < -0.39 is 10.0 Å². The van der Waals surface area contributed by atoms with Crippen LogP contribution in [0, 0.1) is 13.8 Å². The summed E-state index contributed by atoms with van der Waals surface area (Å²) in [7, 11) is -3.77. The fraction of sp³-hybridized carbons (Fsp3) is 0.480. The average Bonchev–Trinajstić information content (AvgIpc) is 2.71. The third kappa shape index (κ3) is 3.75. The minimum absolute atomic E-state index is 0.179. The van der Waals surface area contributed by atoms with Gasteiger partial charge in [0.05, 0.1) is 16.1 Å². The minimum Gasteiger partial charge on any atom is -0.326 e. The predicted octanol–water partition coefficient (Wildman–Crippen LogP) is 5.67. The smallest absolute Gasteiger partial charge is 0.264 e. The van der Waals surface area contributed by atoms with E-state index in [1.165, 1.54) is 6.92 Å². The molecule has 1 aliphatic heterocycles. The summed E-state index contributed by atoms with van der Waals surface area (Å²) in [5, 5.41) is 2.71. The largest absolute Gasteiger partial charge is 0.326 e. The van der Waals surface area contributed by atoms with Gasteiger partial charge in [-0.15, -0.1) is 0 Å². The van der Waals surface area contributed by atoms with Crippen molar-refractivity contribution in [2.75, 3.05) is 9.62 Å². The molecule has 0 aromatic heterocycles. The van der Waals surface area contributed by atoms with Crippen molar-refractivity contribution >= 4 is 27.3 Å². The Bertz CT molecular complexity index is 1100. The van der Waals surface area contributed by atoms with Gasteiger partial charge in [0.25, 0.3) is 10.0 Å². The third-order valence-electron chi connectivity index (χ3n) is 6.95. The third-order valence-corrected chi connectivity index (χ3v) is 8.87. The Morgan fingerprint density at radius 1 is 1.00 bits per heavy atom. The summed E-state index contributed by atoms with van der Waals surface area (Å²) in [5.74, 6) is 0.142. The van der Waals surface area contributed by atoms with Crippen LogP contribution in [-0.4, -0.2) is 19.9 Å². The summed E-state index contributed by atoms with van der Waals surface area (Å²) in [6.45, 7) is 7.79. The maximum atomic E-state index is 14.2. The van der Waals surface area contributed by atoms with Gasteiger partial charge in [0.1, 0.15) is 0 Å². The molecule has 0 unspecified atom stereocenters. The topological polar surface area (TPSA) is 66.5 Å². The summed E-state index contributed by atoms with van der Waals surface area (Å²) < 4.78 is 30.1. The molecule has 166 valence electrons. The molecule has 1 heterocycles. The number of anilines is 2. The first kappa shape index (κ1) is 21.9. The molecule has 1 spiro atoms. The second-order valence-corrected chi connectivity index (χ2v) is 11.1. The number of hydrogen-bond acceptors (Lipinski definition) is 3. The van der Waals surface area contributed by atoms with Crippen LogP contribution < -0.4 is 9.62 Å². The highest BCUT2D eigenvalue weighted by Crippen LogP contribution is 2.53. The molecule has 1 saturated carbocycles. The highest BCUT2D eigenvalue weighted by molar-refractivity contribution is 7.93. The number of nitrogens with one attached hydrogen (secondary N) is 1. The number of hydrogen-bond donors (Lipinski definition) is 1. The highest BCUT2D eigenvalue weighted by atomic mass is 32.2. The van der Waals surface area contributed by atoms with Gasteiger partial charge >= 0.3 is 0 Å². The van der Waals surface area contributed by atoms with Gasteiger partial charge < -0.3 is 5.32 Å². The number of sulfonamides is 1. The number of benzene rings is 2. The van der Waals surface area contributed by atoms with Crippen LogP contribution in [0.1, 0.15) is 75.0 Å². The number of nitrogens with zero attached hydrogens (tertiary/aromatic N) is 1. The van der Waals surface area contributed by atoms with E-state index in [-0.39, 0.29) is 16.3 Å². The van der Waals surface area contributed by atoms with Crippen molar-refractivity contribution in [3.8, 4) is 0 Å². The van der Waals surface area contributed by atoms with Gasteiger partial charge in [-0.25, -0.2) is 8.42 Å². The van der Waals surface area contributed by atoms with Crippen molar-refractivity contribution in [3.05, 3.63) is 53.1 Å². The summed E-state index contributed by atoms with van der Waals surface area (Å²) in [5.41, 5.74) is 4.42. The Kier molecular flexibility index (Phi) is 5.63. The van der Waals surface area contributed by atoms with Crippen LogP contribution in [0.4, 0.5) is 11.4 Å². The summed E-state index contributed by atoms with van der Waals surface area (Å²) in [6, 6.07) is 10.7. The molecule has 0 saturated heterocycles. The van der Waals surface area contributed by atoms with Crippen LogP contribution in [-0.2, 0) is 14.8 Å². The zero-order valence-electron chi connectivity index (χ0n) is 18.9. The van der Waals surface area contributed by atoms with Gasteiger partial charge in [0, 0.05) is 12.6 Å². The van der Waals surface area contributed by atoms with Crippen LogP contribution >= 0.6 is 0 Å². The first-order chi connectivity index (χ1) is 14.7. The van der Waals surface area contributed by atoms with Crippen molar-refractivity contribution in [2.24, 2.45) is 0 Å². The molecule has 6 heteroatoms. The second kappa shape index (κ2) is 7.97. The summed E-state index contributed by atoms with van der Waals surface area (Å²) >= 11 is 0. The van der Waals surface area contributed by atoms with Crippen molar-refractivity contribution in [1.82, 2.24) is 0 Å². The minimum atomic E-state index is -3.77. The van der Waals surface area contributed by atoms with Crippen molar-refractivity contribution in [3.63, 3.8) is 0 Å². The van der Waals surface area contributed by atoms with Gasteiger partial charge in [-0.2, -0.15) is 0 Å². The molecule has 1 N–H and O–H groups in total. The molecule has 2 aromatic carbocycles. The fourth-order valence-corrected chi connectivity index (χ4v) is 7.65. The second-order valence-electron chi connectivity index (χ2n) is 9.33. The SMILES string of the molecule is CC(=O)Nc1ccc(S(=O)(=O)N2c3c(C)ccc(C)c3[C@@H](C)CC23CCCCC3)cc1. The number of aryl methyl sites for hydroxylation is 2. The molecule has 2 aliphatic rings. The monoisotopic (exact) mass is 440 g/mol. The average molecular weight is 441 g/mol. The molecule has 1 amide bonds. The van der Waals surface area contributed by atoms with Crippen LogP contribution in [0.3, 0.4) is 0 Å². The lowest BCUT2D eigenvalue weighted by molar-refractivity contribution is -0.114. The van der Waals surface area contributed by atoms with Crippen molar-refractivity contribution in [1.29, 1.82) is 0 Å². The maximum Gasteiger partial charge on any atom is 0.264 e. The number of amides is 1. The van der Waals surface area contributed by atoms with Gasteiger partial charge in [-0.3, -0.25) is 9.10 Å². The van der Waals surface area contributed by atoms with Crippen molar-refractivity contribution in [2.45, 2.75) is 82.6 Å². The van der Waals surface area contributed by atoms with Crippen molar-refractivity contribution < 1.29 is 13.2 Å². The van der Waals surface area contributed by atoms with Crippen LogP contribution in [0.25, 0.3) is 0 Å². The number of rotatable bonds is 3. The lowest BCUT2D eigenvalue weighted by Gasteiger charge is -2.52. The molecule has 1 atom stereocenters. The first-order valence-electron chi connectivity index (χ1n) is 11.2. The standard InChI is InChI=1S/C25H32N2O3S/c1-17-8-9-18(2)24-23(17)19(3)16-25(14-6-5-7-15-25)27(24)31(29,30)22-12-10-21(11-13-22)26-20(4)28/h8-13,19H,5-7,14-16H2,1-4H3,(H,26,28)/t19-/m0/s1.